The first-order valence-corrected chi connectivity index (χ1v) is 12.0. The van der Waals surface area contributed by atoms with Crippen LogP contribution in [-0.2, 0) is 14.2 Å². The summed E-state index contributed by atoms with van der Waals surface area (Å²) >= 11 is 0. The molecule has 2 aromatic carbocycles. The Morgan fingerprint density at radius 3 is 2.16 bits per heavy atom. The van der Waals surface area contributed by atoms with Crippen LogP contribution in [0.3, 0.4) is 0 Å². The molecule has 2 heterocycles. The lowest BCUT2D eigenvalue weighted by Crippen LogP contribution is -2.65. The molecule has 13 nitrogen and oxygen atoms in total. The Kier molecular flexibility index (Phi) is 8.54. The van der Waals surface area contributed by atoms with E-state index in [1.165, 1.54) is 13.0 Å². The maximum absolute atomic E-state index is 12.1. The molecule has 2 aliphatic heterocycles. The molecule has 13 heteroatoms. The lowest BCUT2D eigenvalue weighted by molar-refractivity contribution is -0.352. The number of benzene rings is 2. The molecule has 0 saturated carbocycles. The molecule has 10 atom stereocenters. The van der Waals surface area contributed by atoms with Crippen LogP contribution < -0.4 is 4.74 Å². The number of ketones is 1. The first-order chi connectivity index (χ1) is 18.0. The molecule has 0 aromatic heterocycles. The van der Waals surface area contributed by atoms with Crippen LogP contribution in [0.4, 0.5) is 0 Å². The van der Waals surface area contributed by atoms with Gasteiger partial charge in [0.05, 0.1) is 24.2 Å². The maximum Gasteiger partial charge on any atom is 0.229 e. The number of phenolic OH excluding ortho intramolecular Hbond substituents is 1. The lowest BCUT2D eigenvalue weighted by atomic mass is 9.96. The van der Waals surface area contributed by atoms with Gasteiger partial charge in [-0.05, 0) is 30.9 Å². The highest BCUT2D eigenvalue weighted by Crippen LogP contribution is 2.39. The number of carbonyl (C=O) groups is 1. The van der Waals surface area contributed by atoms with Gasteiger partial charge in [-0.15, -0.1) is 0 Å². The van der Waals surface area contributed by atoms with Crippen molar-refractivity contribution < 1.29 is 64.6 Å². The summed E-state index contributed by atoms with van der Waals surface area (Å²) < 4.78 is 22.3. The number of aryl methyl sites for hydroxylation is 1. The first kappa shape index (κ1) is 28.6. The van der Waals surface area contributed by atoms with Gasteiger partial charge in [0.2, 0.25) is 6.29 Å². The standard InChI is InChI=1S/C25H32O13/c1-9-6-11-4-3-5-12(16(11)19(31)15(9)10(2)28)35-25-22(34)23(18(30)14(8-27)37-25)38-24-21(33)20(32)17(29)13(7-26)36-24/h3-6,13-14,17-18,20-27,29-34H,7-8H2,1-2H3. The van der Waals surface area contributed by atoms with E-state index in [1.54, 1.807) is 25.1 Å². The highest BCUT2D eigenvalue weighted by Gasteiger charge is 2.51. The number of carbonyl (C=O) groups excluding carboxylic acids is 1. The molecule has 0 spiro atoms. The molecule has 2 aliphatic rings. The molecule has 2 saturated heterocycles. The fourth-order valence-electron chi connectivity index (χ4n) is 4.85. The van der Waals surface area contributed by atoms with Crippen molar-refractivity contribution in [3.05, 3.63) is 35.4 Å². The molecule has 38 heavy (non-hydrogen) atoms. The van der Waals surface area contributed by atoms with Crippen molar-refractivity contribution in [2.45, 2.75) is 75.3 Å². The lowest BCUT2D eigenvalue weighted by Gasteiger charge is -2.45. The Morgan fingerprint density at radius 1 is 0.895 bits per heavy atom. The van der Waals surface area contributed by atoms with Crippen molar-refractivity contribution in [2.75, 3.05) is 13.2 Å². The van der Waals surface area contributed by atoms with Gasteiger partial charge in [0.25, 0.3) is 0 Å². The molecule has 2 fully saturated rings. The van der Waals surface area contributed by atoms with Crippen molar-refractivity contribution in [3.8, 4) is 11.5 Å². The van der Waals surface area contributed by atoms with Gasteiger partial charge in [-0.3, -0.25) is 4.79 Å². The molecule has 210 valence electrons. The number of hydrogen-bond acceptors (Lipinski definition) is 13. The molecule has 0 aliphatic carbocycles. The number of aliphatic hydroxyl groups excluding tert-OH is 7. The first-order valence-electron chi connectivity index (χ1n) is 12.0. The second-order valence-corrected chi connectivity index (χ2v) is 9.45. The van der Waals surface area contributed by atoms with Gasteiger partial charge in [0, 0.05) is 0 Å². The summed E-state index contributed by atoms with van der Waals surface area (Å²) in [4.78, 5) is 12.1. The van der Waals surface area contributed by atoms with E-state index in [4.69, 9.17) is 18.9 Å². The van der Waals surface area contributed by atoms with Crippen molar-refractivity contribution >= 4 is 16.6 Å². The Balaban J connectivity index is 1.65. The van der Waals surface area contributed by atoms with Gasteiger partial charge in [0.15, 0.2) is 12.1 Å². The highest BCUT2D eigenvalue weighted by atomic mass is 16.7. The van der Waals surface area contributed by atoms with Crippen molar-refractivity contribution in [3.63, 3.8) is 0 Å². The summed E-state index contributed by atoms with van der Waals surface area (Å²) in [6.07, 6.45) is -16.2. The molecular formula is C25H32O13. The number of hydrogen-bond donors (Lipinski definition) is 8. The van der Waals surface area contributed by atoms with Crippen LogP contribution in [0.2, 0.25) is 0 Å². The Morgan fingerprint density at radius 2 is 1.53 bits per heavy atom. The van der Waals surface area contributed by atoms with Crippen molar-refractivity contribution in [2.24, 2.45) is 0 Å². The molecule has 4 rings (SSSR count). The summed E-state index contributed by atoms with van der Waals surface area (Å²) in [6.45, 7) is 1.53. The van der Waals surface area contributed by atoms with E-state index < -0.39 is 74.6 Å². The topological polar surface area (TPSA) is 216 Å². The third-order valence-corrected chi connectivity index (χ3v) is 6.86. The summed E-state index contributed by atoms with van der Waals surface area (Å²) in [6, 6.07) is 6.44. The molecule has 0 amide bonds. The predicted octanol–water partition coefficient (Wildman–Crippen LogP) is -1.94. The zero-order valence-electron chi connectivity index (χ0n) is 20.6. The minimum Gasteiger partial charge on any atom is -0.506 e. The minimum atomic E-state index is -1.81. The average Bonchev–Trinajstić information content (AvgIpc) is 2.87. The van der Waals surface area contributed by atoms with E-state index in [9.17, 15) is 45.6 Å². The van der Waals surface area contributed by atoms with Crippen LogP contribution in [0.1, 0.15) is 22.8 Å². The zero-order valence-corrected chi connectivity index (χ0v) is 20.6. The Bertz CT molecular complexity index is 1150. The van der Waals surface area contributed by atoms with E-state index in [0.29, 0.717) is 10.9 Å². The third-order valence-electron chi connectivity index (χ3n) is 6.86. The van der Waals surface area contributed by atoms with Gasteiger partial charge in [0.1, 0.15) is 60.3 Å². The second-order valence-electron chi connectivity index (χ2n) is 9.45. The zero-order chi connectivity index (χ0) is 27.9. The van der Waals surface area contributed by atoms with Crippen LogP contribution in [0.25, 0.3) is 10.8 Å². The third kappa shape index (κ3) is 5.10. The van der Waals surface area contributed by atoms with Gasteiger partial charge >= 0.3 is 0 Å². The fraction of sp³-hybridized carbons (Fsp3) is 0.560. The van der Waals surface area contributed by atoms with E-state index >= 15 is 0 Å². The number of Topliss-reactive ketones (excluding diaryl/α,β-unsaturated/α-hetero) is 1. The number of aromatic hydroxyl groups is 1. The highest BCUT2D eigenvalue weighted by molar-refractivity contribution is 6.06. The largest absolute Gasteiger partial charge is 0.506 e. The van der Waals surface area contributed by atoms with Crippen LogP contribution in [-0.4, -0.2) is 121 Å². The molecular weight excluding hydrogens is 508 g/mol. The van der Waals surface area contributed by atoms with Gasteiger partial charge in [-0.1, -0.05) is 18.2 Å². The molecule has 8 N–H and O–H groups in total. The fourth-order valence-corrected chi connectivity index (χ4v) is 4.85. The van der Waals surface area contributed by atoms with Gasteiger partial charge in [-0.2, -0.15) is 0 Å². The number of ether oxygens (including phenoxy) is 4. The Hall–Kier alpha value is -2.43. The number of fused-ring (bicyclic) bond motifs is 1. The van der Waals surface area contributed by atoms with Crippen molar-refractivity contribution in [1.29, 1.82) is 0 Å². The van der Waals surface area contributed by atoms with Crippen LogP contribution in [0.5, 0.6) is 11.5 Å². The van der Waals surface area contributed by atoms with Gasteiger partial charge in [-0.25, -0.2) is 0 Å². The van der Waals surface area contributed by atoms with E-state index in [-0.39, 0.29) is 28.2 Å². The summed E-state index contributed by atoms with van der Waals surface area (Å²) in [5.74, 6) is -0.686. The van der Waals surface area contributed by atoms with E-state index in [0.717, 1.165) is 0 Å². The van der Waals surface area contributed by atoms with Gasteiger partial charge < -0.3 is 59.8 Å². The van der Waals surface area contributed by atoms with E-state index in [1.807, 2.05) is 0 Å². The number of aliphatic hydroxyl groups is 7. The normalized spacial score (nSPS) is 35.8. The van der Waals surface area contributed by atoms with Crippen LogP contribution in [0, 0.1) is 6.92 Å². The molecule has 0 bridgehead atoms. The SMILES string of the molecule is CC(=O)c1c(C)cc2cccc(OC3OC(CO)C(O)C(OC4OC(CO)C(O)C(O)C4O)C3O)c2c1O. The van der Waals surface area contributed by atoms with E-state index in [2.05, 4.69) is 0 Å². The average molecular weight is 541 g/mol. The monoisotopic (exact) mass is 540 g/mol. The number of phenols is 1. The minimum absolute atomic E-state index is 0.0196. The van der Waals surface area contributed by atoms with Crippen molar-refractivity contribution in [1.82, 2.24) is 0 Å². The summed E-state index contributed by atoms with van der Waals surface area (Å²) in [5, 5.41) is 82.8. The quantitative estimate of drug-likeness (QED) is 0.180. The second kappa shape index (κ2) is 11.4. The predicted molar refractivity (Wildman–Crippen MR) is 127 cm³/mol. The maximum atomic E-state index is 12.1. The smallest absolute Gasteiger partial charge is 0.229 e. The number of rotatable bonds is 7. The molecule has 0 radical (unpaired) electrons. The molecule has 2 aromatic rings. The van der Waals surface area contributed by atoms with Crippen LogP contribution >= 0.6 is 0 Å². The summed E-state index contributed by atoms with van der Waals surface area (Å²) in [7, 11) is 0. The summed E-state index contributed by atoms with van der Waals surface area (Å²) in [5.41, 5.74) is 0.635. The molecule has 10 unspecified atom stereocenters. The Labute approximate surface area is 217 Å². The van der Waals surface area contributed by atoms with Crippen LogP contribution in [0.15, 0.2) is 24.3 Å².